The van der Waals surface area contributed by atoms with Crippen LogP contribution in [0.1, 0.15) is 76.1 Å². The summed E-state index contributed by atoms with van der Waals surface area (Å²) in [5.74, 6) is -1.22. The van der Waals surface area contributed by atoms with Crippen molar-refractivity contribution in [1.82, 2.24) is 0 Å². The maximum atomic E-state index is 12.3. The Bertz CT molecular complexity index is 662. The summed E-state index contributed by atoms with van der Waals surface area (Å²) in [5.41, 5.74) is 0.499. The second kappa shape index (κ2) is 15.8. The molecule has 0 heterocycles. The smallest absolute Gasteiger partial charge is 0.340 e. The van der Waals surface area contributed by atoms with Crippen LogP contribution in [0.3, 0.4) is 0 Å². The normalized spacial score (nSPS) is 16.7. The first-order valence-electron chi connectivity index (χ1n) is 11.4. The quantitative estimate of drug-likeness (QED) is 0.249. The average molecular weight is 487 g/mol. The van der Waals surface area contributed by atoms with Crippen LogP contribution in [0.5, 0.6) is 0 Å². The topological polar surface area (TPSA) is 108 Å². The van der Waals surface area contributed by atoms with Crippen molar-refractivity contribution in [2.75, 3.05) is 13.2 Å². The van der Waals surface area contributed by atoms with E-state index < -0.39 is 49.7 Å². The van der Waals surface area contributed by atoms with Crippen molar-refractivity contribution in [3.05, 3.63) is 35.4 Å². The fourth-order valence-corrected chi connectivity index (χ4v) is 2.93. The molecular formula is C24H38O10. The Morgan fingerprint density at radius 1 is 0.559 bits per heavy atom. The third-order valence-corrected chi connectivity index (χ3v) is 4.24. The van der Waals surface area contributed by atoms with Crippen LogP contribution < -0.4 is 0 Å². The molecule has 0 spiro atoms. The van der Waals surface area contributed by atoms with Crippen LogP contribution in [0.2, 0.25) is 0 Å². The van der Waals surface area contributed by atoms with E-state index in [4.69, 9.17) is 37.9 Å². The summed E-state index contributed by atoms with van der Waals surface area (Å²) in [4.78, 5) is 24.7. The zero-order chi connectivity index (χ0) is 25.7. The number of esters is 2. The number of carbonyl (C=O) groups excluding carboxylic acids is 2. The highest BCUT2D eigenvalue weighted by Crippen LogP contribution is 2.13. The summed E-state index contributed by atoms with van der Waals surface area (Å²) >= 11 is 0. The molecule has 6 unspecified atom stereocenters. The Kier molecular flexibility index (Phi) is 13.9. The Labute approximate surface area is 201 Å². The molecule has 0 aromatic heterocycles. The van der Waals surface area contributed by atoms with Gasteiger partial charge in [0.05, 0.1) is 11.1 Å². The molecule has 0 saturated heterocycles. The molecule has 0 amide bonds. The maximum absolute atomic E-state index is 12.3. The van der Waals surface area contributed by atoms with Gasteiger partial charge in [-0.1, -0.05) is 0 Å². The summed E-state index contributed by atoms with van der Waals surface area (Å²) in [5, 5.41) is 0. The Morgan fingerprint density at radius 2 is 0.853 bits per heavy atom. The van der Waals surface area contributed by atoms with E-state index in [-0.39, 0.29) is 11.1 Å². The lowest BCUT2D eigenvalue weighted by Gasteiger charge is -2.23. The van der Waals surface area contributed by atoms with Crippen LogP contribution in [0.4, 0.5) is 0 Å². The largest absolute Gasteiger partial charge is 0.432 e. The monoisotopic (exact) mass is 486 g/mol. The standard InChI is InChI=1S/C24H38O10/c1-9-27-15(3)29-17(5)31-19(7)33-23(25)21-11-13-22(14-12-21)24(26)34-20(8)32-18(6)30-16(4)28-10-2/h11-20H,9-10H2,1-8H3. The van der Waals surface area contributed by atoms with Gasteiger partial charge >= 0.3 is 11.9 Å². The van der Waals surface area contributed by atoms with Crippen molar-refractivity contribution in [3.8, 4) is 0 Å². The summed E-state index contributed by atoms with van der Waals surface area (Å²) < 4.78 is 43.0. The Balaban J connectivity index is 2.51. The molecule has 0 radical (unpaired) electrons. The van der Waals surface area contributed by atoms with E-state index in [1.807, 2.05) is 13.8 Å². The SMILES string of the molecule is CCOC(C)OC(C)OC(C)OC(=O)c1ccc(C(=O)OC(C)OC(C)OC(C)OCC)cc1. The predicted molar refractivity (Wildman–Crippen MR) is 122 cm³/mol. The minimum atomic E-state index is -0.853. The van der Waals surface area contributed by atoms with Gasteiger partial charge in [-0.25, -0.2) is 9.59 Å². The van der Waals surface area contributed by atoms with Gasteiger partial charge in [-0.05, 0) is 79.7 Å². The molecule has 1 aromatic carbocycles. The van der Waals surface area contributed by atoms with Gasteiger partial charge in [0.25, 0.3) is 0 Å². The summed E-state index contributed by atoms with van der Waals surface area (Å²) in [6, 6.07) is 5.85. The van der Waals surface area contributed by atoms with Gasteiger partial charge in [0.15, 0.2) is 25.2 Å². The van der Waals surface area contributed by atoms with Gasteiger partial charge in [0.2, 0.25) is 12.6 Å². The summed E-state index contributed by atoms with van der Waals surface area (Å²) in [6.07, 6.45) is -3.87. The van der Waals surface area contributed by atoms with E-state index in [0.717, 1.165) is 0 Å². The molecule has 6 atom stereocenters. The Hall–Kier alpha value is -2.08. The lowest BCUT2D eigenvalue weighted by Crippen LogP contribution is -2.28. The van der Waals surface area contributed by atoms with Gasteiger partial charge in [-0.2, -0.15) is 0 Å². The first-order valence-corrected chi connectivity index (χ1v) is 11.4. The predicted octanol–water partition coefficient (Wildman–Crippen LogP) is 4.22. The first-order chi connectivity index (χ1) is 16.0. The fourth-order valence-electron chi connectivity index (χ4n) is 2.93. The first kappa shape index (κ1) is 30.0. The van der Waals surface area contributed by atoms with Gasteiger partial charge in [0.1, 0.15) is 0 Å². The molecular weight excluding hydrogens is 448 g/mol. The van der Waals surface area contributed by atoms with Crippen LogP contribution in [0.15, 0.2) is 24.3 Å². The van der Waals surface area contributed by atoms with Gasteiger partial charge in [-0.15, -0.1) is 0 Å². The van der Waals surface area contributed by atoms with E-state index in [2.05, 4.69) is 0 Å². The van der Waals surface area contributed by atoms with Crippen LogP contribution in [-0.4, -0.2) is 62.9 Å². The van der Waals surface area contributed by atoms with Gasteiger partial charge in [0, 0.05) is 13.2 Å². The van der Waals surface area contributed by atoms with Crippen molar-refractivity contribution >= 4 is 11.9 Å². The van der Waals surface area contributed by atoms with Crippen LogP contribution in [0.25, 0.3) is 0 Å². The minimum absolute atomic E-state index is 0.250. The number of hydrogen-bond acceptors (Lipinski definition) is 10. The molecule has 0 aliphatic rings. The molecule has 1 rings (SSSR count). The summed E-state index contributed by atoms with van der Waals surface area (Å²) in [6.45, 7) is 14.7. The highest BCUT2D eigenvalue weighted by Gasteiger charge is 2.19. The molecule has 1 aromatic rings. The van der Waals surface area contributed by atoms with E-state index in [0.29, 0.717) is 13.2 Å². The maximum Gasteiger partial charge on any atom is 0.340 e. The average Bonchev–Trinajstić information content (AvgIpc) is 2.73. The molecule has 0 aliphatic carbocycles. The van der Waals surface area contributed by atoms with Crippen molar-refractivity contribution in [2.24, 2.45) is 0 Å². The lowest BCUT2D eigenvalue weighted by atomic mass is 10.1. The molecule has 34 heavy (non-hydrogen) atoms. The van der Waals surface area contributed by atoms with Gasteiger partial charge in [-0.3, -0.25) is 0 Å². The van der Waals surface area contributed by atoms with E-state index in [9.17, 15) is 9.59 Å². The van der Waals surface area contributed by atoms with Crippen LogP contribution in [-0.2, 0) is 37.9 Å². The third-order valence-electron chi connectivity index (χ3n) is 4.24. The van der Waals surface area contributed by atoms with Crippen molar-refractivity contribution in [3.63, 3.8) is 0 Å². The highest BCUT2D eigenvalue weighted by molar-refractivity contribution is 5.93. The molecule has 10 heteroatoms. The molecule has 0 bridgehead atoms. The van der Waals surface area contributed by atoms with Gasteiger partial charge < -0.3 is 37.9 Å². The van der Waals surface area contributed by atoms with Crippen molar-refractivity contribution in [1.29, 1.82) is 0 Å². The zero-order valence-corrected chi connectivity index (χ0v) is 21.3. The minimum Gasteiger partial charge on any atom is -0.432 e. The van der Waals surface area contributed by atoms with E-state index in [1.165, 1.54) is 24.3 Å². The lowest BCUT2D eigenvalue weighted by molar-refractivity contribution is -0.269. The van der Waals surface area contributed by atoms with E-state index >= 15 is 0 Å². The molecule has 0 fully saturated rings. The third kappa shape index (κ3) is 11.9. The summed E-state index contributed by atoms with van der Waals surface area (Å²) in [7, 11) is 0. The van der Waals surface area contributed by atoms with Crippen LogP contribution >= 0.6 is 0 Å². The number of hydrogen-bond donors (Lipinski definition) is 0. The van der Waals surface area contributed by atoms with Crippen molar-refractivity contribution in [2.45, 2.75) is 93.1 Å². The van der Waals surface area contributed by atoms with E-state index in [1.54, 1.807) is 41.5 Å². The highest BCUT2D eigenvalue weighted by atomic mass is 16.8. The molecule has 0 saturated carbocycles. The zero-order valence-electron chi connectivity index (χ0n) is 21.3. The number of rotatable bonds is 16. The fraction of sp³-hybridized carbons (Fsp3) is 0.667. The second-order valence-electron chi connectivity index (χ2n) is 7.25. The van der Waals surface area contributed by atoms with Crippen LogP contribution in [0, 0.1) is 0 Å². The number of ether oxygens (including phenoxy) is 8. The molecule has 0 N–H and O–H groups in total. The molecule has 10 nitrogen and oxygen atoms in total. The second-order valence-corrected chi connectivity index (χ2v) is 7.25. The number of carbonyl (C=O) groups is 2. The molecule has 0 aliphatic heterocycles. The number of benzene rings is 1. The molecule has 194 valence electrons. The Morgan fingerprint density at radius 3 is 1.15 bits per heavy atom. The van der Waals surface area contributed by atoms with Crippen molar-refractivity contribution < 1.29 is 47.5 Å².